The van der Waals surface area contributed by atoms with Crippen LogP contribution in [0, 0.1) is 0 Å². The summed E-state index contributed by atoms with van der Waals surface area (Å²) >= 11 is 12.3. The van der Waals surface area contributed by atoms with Crippen LogP contribution < -0.4 is 16.0 Å². The number of nitrogens with two attached hydrogens (primary N) is 1. The number of benzodiazepines with no additional fused rings is 1. The van der Waals surface area contributed by atoms with E-state index in [0.29, 0.717) is 39.8 Å². The number of carbonyl (C=O) groups is 3. The largest absolute Gasteiger partial charge is 0.366 e. The Kier molecular flexibility index (Phi) is 11.2. The summed E-state index contributed by atoms with van der Waals surface area (Å²) in [6.45, 7) is 3.54. The van der Waals surface area contributed by atoms with Gasteiger partial charge in [-0.3, -0.25) is 14.4 Å². The minimum absolute atomic E-state index is 0. The van der Waals surface area contributed by atoms with Crippen LogP contribution >= 0.6 is 35.6 Å². The number of benzene rings is 3. The van der Waals surface area contributed by atoms with Gasteiger partial charge in [0.25, 0.3) is 5.91 Å². The third kappa shape index (κ3) is 7.95. The lowest BCUT2D eigenvalue weighted by Crippen LogP contribution is -2.48. The summed E-state index contributed by atoms with van der Waals surface area (Å²) in [5, 5.41) is 3.87. The number of aliphatic imine (C=N–C) groups is 1. The van der Waals surface area contributed by atoms with E-state index >= 15 is 0 Å². The Hall–Kier alpha value is -3.43. The summed E-state index contributed by atoms with van der Waals surface area (Å²) in [6.07, 6.45) is 2.55. The van der Waals surface area contributed by atoms with Crippen LogP contribution in [0.1, 0.15) is 52.7 Å². The zero-order valence-electron chi connectivity index (χ0n) is 23.6. The van der Waals surface area contributed by atoms with Crippen LogP contribution in [0.15, 0.2) is 71.7 Å². The number of primary amides is 1. The van der Waals surface area contributed by atoms with Crippen molar-refractivity contribution in [2.45, 2.75) is 38.3 Å². The zero-order valence-corrected chi connectivity index (χ0v) is 25.9. The number of hydrogen-bond donors (Lipinski definition) is 2. The topological polar surface area (TPSA) is 108 Å². The zero-order chi connectivity index (χ0) is 29.6. The summed E-state index contributed by atoms with van der Waals surface area (Å²) in [5.41, 5.74) is 9.35. The number of anilines is 1. The molecule has 2 aliphatic heterocycles. The summed E-state index contributed by atoms with van der Waals surface area (Å²) in [6, 6.07) is 19.5. The number of halogens is 3. The fourth-order valence-corrected chi connectivity index (χ4v) is 5.94. The first-order chi connectivity index (χ1) is 20.3. The smallest absolute Gasteiger partial charge is 0.272 e. The van der Waals surface area contributed by atoms with E-state index in [1.165, 1.54) is 12.8 Å². The lowest BCUT2D eigenvalue weighted by Gasteiger charge is -2.26. The van der Waals surface area contributed by atoms with Gasteiger partial charge in [-0.15, -0.1) is 12.4 Å². The van der Waals surface area contributed by atoms with E-state index in [1.807, 2.05) is 24.3 Å². The molecule has 0 spiro atoms. The fourth-order valence-electron chi connectivity index (χ4n) is 5.43. The van der Waals surface area contributed by atoms with Crippen molar-refractivity contribution in [2.24, 2.45) is 10.7 Å². The van der Waals surface area contributed by atoms with Crippen LogP contribution in [0.3, 0.4) is 0 Å². The second kappa shape index (κ2) is 14.8. The van der Waals surface area contributed by atoms with Crippen LogP contribution in [-0.4, -0.2) is 60.7 Å². The molecule has 8 nitrogen and oxygen atoms in total. The van der Waals surface area contributed by atoms with Crippen molar-refractivity contribution in [3.8, 4) is 0 Å². The van der Waals surface area contributed by atoms with Crippen molar-refractivity contribution < 1.29 is 14.4 Å². The molecule has 3 aromatic rings. The average molecular weight is 643 g/mol. The molecule has 0 saturated carbocycles. The maximum atomic E-state index is 14.1. The van der Waals surface area contributed by atoms with Crippen LogP contribution in [0.4, 0.5) is 5.69 Å². The molecule has 226 valence electrons. The molecule has 0 aliphatic carbocycles. The summed E-state index contributed by atoms with van der Waals surface area (Å²) < 4.78 is 0. The number of para-hydroxylation sites is 1. The molecule has 11 heteroatoms. The molecule has 3 aromatic carbocycles. The van der Waals surface area contributed by atoms with Gasteiger partial charge in [0, 0.05) is 39.7 Å². The van der Waals surface area contributed by atoms with Gasteiger partial charge >= 0.3 is 0 Å². The third-order valence-electron chi connectivity index (χ3n) is 7.64. The quantitative estimate of drug-likeness (QED) is 0.315. The summed E-state index contributed by atoms with van der Waals surface area (Å²) in [5.74, 6) is -1.16. The van der Waals surface area contributed by atoms with Gasteiger partial charge in [0.05, 0.1) is 11.4 Å². The highest BCUT2D eigenvalue weighted by Gasteiger charge is 2.33. The van der Waals surface area contributed by atoms with Crippen molar-refractivity contribution in [3.05, 3.63) is 99.0 Å². The molecular weight excluding hydrogens is 609 g/mol. The van der Waals surface area contributed by atoms with Crippen molar-refractivity contribution in [2.75, 3.05) is 31.1 Å². The Morgan fingerprint density at radius 1 is 0.977 bits per heavy atom. The van der Waals surface area contributed by atoms with Gasteiger partial charge in [-0.1, -0.05) is 59.6 Å². The Morgan fingerprint density at radius 2 is 1.70 bits per heavy atom. The molecule has 0 bridgehead atoms. The predicted octanol–water partition coefficient (Wildman–Crippen LogP) is 5.26. The van der Waals surface area contributed by atoms with Crippen LogP contribution in [-0.2, 0) is 16.0 Å². The number of likely N-dealkylation sites (tertiary alicyclic amines) is 1. The Morgan fingerprint density at radius 3 is 2.40 bits per heavy atom. The average Bonchev–Trinajstić information content (AvgIpc) is 3.47. The van der Waals surface area contributed by atoms with Gasteiger partial charge < -0.3 is 20.9 Å². The molecule has 2 heterocycles. The van der Waals surface area contributed by atoms with Crippen LogP contribution in [0.2, 0.25) is 10.0 Å². The molecule has 1 saturated heterocycles. The summed E-state index contributed by atoms with van der Waals surface area (Å²) in [4.78, 5) is 47.9. The van der Waals surface area contributed by atoms with Crippen molar-refractivity contribution >= 4 is 64.7 Å². The van der Waals surface area contributed by atoms with Crippen molar-refractivity contribution in [1.29, 1.82) is 0 Å². The fraction of sp³-hybridized carbons (Fsp3) is 0.312. The molecule has 0 aromatic heterocycles. The van der Waals surface area contributed by atoms with Gasteiger partial charge in [0.1, 0.15) is 0 Å². The number of amides is 3. The molecule has 0 radical (unpaired) electrons. The summed E-state index contributed by atoms with van der Waals surface area (Å²) in [7, 11) is 0. The van der Waals surface area contributed by atoms with Crippen LogP contribution in [0.5, 0.6) is 0 Å². The number of carbonyl (C=O) groups excluding carboxylic acids is 3. The molecule has 5 rings (SSSR count). The molecule has 1 unspecified atom stereocenters. The number of aryl methyl sites for hydroxylation is 1. The third-order valence-corrected chi connectivity index (χ3v) is 8.23. The maximum Gasteiger partial charge on any atom is 0.272 e. The standard InChI is InChI=1S/C32H33Cl2N5O3.ClH/c33-24-14-12-21(26(34)20-24)13-15-28(40)36-31-32(42)39(19-5-18-38-16-3-4-17-38)27-7-2-1-6-25(27)29(37-31)22-8-10-23(11-9-22)30(35)41;/h1-2,6-12,14,20,31H,3-5,13,15-19H2,(H2,35,41)(H,36,40);1H. The molecule has 2 aliphatic rings. The molecular formula is C32H34Cl3N5O3. The Bertz CT molecular complexity index is 1510. The molecule has 3 N–H and O–H groups in total. The highest BCUT2D eigenvalue weighted by molar-refractivity contribution is 6.35. The number of nitrogens with one attached hydrogen (secondary N) is 1. The minimum Gasteiger partial charge on any atom is -0.366 e. The lowest BCUT2D eigenvalue weighted by atomic mass is 9.99. The first kappa shape index (κ1) is 32.5. The van der Waals surface area contributed by atoms with Gasteiger partial charge in [-0.2, -0.15) is 0 Å². The minimum atomic E-state index is -1.14. The molecule has 3 amide bonds. The monoisotopic (exact) mass is 641 g/mol. The van der Waals surface area contributed by atoms with Gasteiger partial charge in [-0.25, -0.2) is 4.99 Å². The van der Waals surface area contributed by atoms with E-state index in [1.54, 1.807) is 47.4 Å². The van der Waals surface area contributed by atoms with E-state index in [2.05, 4.69) is 10.2 Å². The van der Waals surface area contributed by atoms with E-state index in [0.717, 1.165) is 42.9 Å². The molecule has 43 heavy (non-hydrogen) atoms. The van der Waals surface area contributed by atoms with E-state index in [9.17, 15) is 14.4 Å². The van der Waals surface area contributed by atoms with E-state index in [-0.39, 0.29) is 30.6 Å². The Balaban J connectivity index is 0.00000423. The highest BCUT2D eigenvalue weighted by Crippen LogP contribution is 2.29. The number of hydrogen-bond acceptors (Lipinski definition) is 5. The Labute approximate surface area is 267 Å². The number of nitrogens with zero attached hydrogens (tertiary/aromatic N) is 3. The molecule has 1 atom stereocenters. The van der Waals surface area contributed by atoms with E-state index < -0.39 is 12.1 Å². The first-order valence-corrected chi connectivity index (χ1v) is 14.9. The normalized spacial score (nSPS) is 16.6. The number of rotatable bonds is 10. The van der Waals surface area contributed by atoms with Crippen molar-refractivity contribution in [3.63, 3.8) is 0 Å². The second-order valence-corrected chi connectivity index (χ2v) is 11.4. The van der Waals surface area contributed by atoms with Gasteiger partial charge in [0.2, 0.25) is 18.0 Å². The second-order valence-electron chi connectivity index (χ2n) is 10.5. The van der Waals surface area contributed by atoms with Crippen LogP contribution in [0.25, 0.3) is 0 Å². The van der Waals surface area contributed by atoms with Crippen molar-refractivity contribution in [1.82, 2.24) is 10.2 Å². The van der Waals surface area contributed by atoms with E-state index in [4.69, 9.17) is 33.9 Å². The number of fused-ring (bicyclic) bond motifs is 1. The van der Waals surface area contributed by atoms with Gasteiger partial charge in [-0.05, 0) is 81.2 Å². The highest BCUT2D eigenvalue weighted by atomic mass is 35.5. The first-order valence-electron chi connectivity index (χ1n) is 14.1. The lowest BCUT2D eigenvalue weighted by molar-refractivity contribution is -0.127. The maximum absolute atomic E-state index is 14.1. The van der Waals surface area contributed by atoms with Gasteiger partial charge in [0.15, 0.2) is 0 Å². The SMILES string of the molecule is Cl.NC(=O)c1ccc(C2=NC(NC(=O)CCc3ccc(Cl)cc3Cl)C(=O)N(CCCN3CCCC3)c3ccccc32)cc1. The molecule has 1 fully saturated rings. The predicted molar refractivity (Wildman–Crippen MR) is 174 cm³/mol.